The van der Waals surface area contributed by atoms with Crippen molar-refractivity contribution in [2.75, 3.05) is 0 Å². The minimum absolute atomic E-state index is 1.39. The summed E-state index contributed by atoms with van der Waals surface area (Å²) in [6.07, 6.45) is 0. The van der Waals surface area contributed by atoms with Crippen LogP contribution in [-0.4, -0.2) is 4.57 Å². The van der Waals surface area contributed by atoms with E-state index >= 15 is 0 Å². The van der Waals surface area contributed by atoms with Gasteiger partial charge in [-0.05, 0) is 125 Å². The van der Waals surface area contributed by atoms with Gasteiger partial charge in [0.05, 0.1) is 11.2 Å². The third kappa shape index (κ3) is 2.22. The highest BCUT2D eigenvalue weighted by molar-refractivity contribution is 5.98. The van der Waals surface area contributed by atoms with Gasteiger partial charge in [-0.15, -0.1) is 0 Å². The van der Waals surface area contributed by atoms with Crippen molar-refractivity contribution in [1.29, 1.82) is 0 Å². The van der Waals surface area contributed by atoms with E-state index in [1.807, 2.05) is 0 Å². The van der Waals surface area contributed by atoms with Gasteiger partial charge in [0.15, 0.2) is 0 Å². The highest BCUT2D eigenvalue weighted by Gasteiger charge is 2.23. The molecule has 1 aromatic heterocycles. The molecule has 0 aliphatic heterocycles. The normalized spacial score (nSPS) is 11.7. The molecule has 0 unspecified atom stereocenters. The maximum Gasteiger partial charge on any atom is 0.0524 e. The number of hydrogen-bond acceptors (Lipinski definition) is 0. The van der Waals surface area contributed by atoms with E-state index in [0.29, 0.717) is 0 Å². The zero-order chi connectivity index (χ0) is 19.7. The lowest BCUT2D eigenvalue weighted by molar-refractivity contribution is 0.960. The standard InChI is InChI=1S/C25H33N/c1-12-13(2)17(6)22(18(7)14(12)3)25-21(10)23-19(8)15(4)16(5)20(9)24(23)26(25)11/h1-11H3. The van der Waals surface area contributed by atoms with Gasteiger partial charge in [0.2, 0.25) is 0 Å². The van der Waals surface area contributed by atoms with Gasteiger partial charge in [-0.3, -0.25) is 0 Å². The summed E-state index contributed by atoms with van der Waals surface area (Å²) in [6.45, 7) is 22.8. The lowest BCUT2D eigenvalue weighted by Crippen LogP contribution is -2.03. The van der Waals surface area contributed by atoms with E-state index in [1.54, 1.807) is 0 Å². The monoisotopic (exact) mass is 347 g/mol. The lowest BCUT2D eigenvalue weighted by Gasteiger charge is -2.20. The number of nitrogens with zero attached hydrogens (tertiary/aromatic N) is 1. The summed E-state index contributed by atoms with van der Waals surface area (Å²) < 4.78 is 2.45. The van der Waals surface area contributed by atoms with E-state index in [0.717, 1.165) is 0 Å². The van der Waals surface area contributed by atoms with Crippen molar-refractivity contribution in [1.82, 2.24) is 4.57 Å². The van der Waals surface area contributed by atoms with Crippen molar-refractivity contribution >= 4 is 10.9 Å². The van der Waals surface area contributed by atoms with Crippen LogP contribution in [0.5, 0.6) is 0 Å². The molecule has 2 aromatic carbocycles. The molecule has 0 saturated heterocycles. The van der Waals surface area contributed by atoms with Crippen LogP contribution in [0.2, 0.25) is 0 Å². The molecular weight excluding hydrogens is 314 g/mol. The molecule has 0 amide bonds. The quantitative estimate of drug-likeness (QED) is 0.450. The summed E-state index contributed by atoms with van der Waals surface area (Å²) in [4.78, 5) is 0. The lowest BCUT2D eigenvalue weighted by atomic mass is 9.87. The molecule has 0 saturated carbocycles. The van der Waals surface area contributed by atoms with Crippen LogP contribution in [0.4, 0.5) is 0 Å². The van der Waals surface area contributed by atoms with Gasteiger partial charge < -0.3 is 4.57 Å². The third-order valence-electron chi connectivity index (χ3n) is 7.29. The summed E-state index contributed by atoms with van der Waals surface area (Å²) in [5.41, 5.74) is 18.4. The third-order valence-corrected chi connectivity index (χ3v) is 7.29. The minimum atomic E-state index is 1.39. The molecule has 1 heterocycles. The molecule has 0 aliphatic rings. The van der Waals surface area contributed by atoms with Crippen molar-refractivity contribution in [2.24, 2.45) is 7.05 Å². The Kier molecular flexibility index (Phi) is 4.34. The molecule has 1 nitrogen and oxygen atoms in total. The first-order chi connectivity index (χ1) is 12.0. The van der Waals surface area contributed by atoms with Crippen LogP contribution in [0.3, 0.4) is 0 Å². The van der Waals surface area contributed by atoms with Gasteiger partial charge in [-0.1, -0.05) is 0 Å². The van der Waals surface area contributed by atoms with E-state index in [1.165, 1.54) is 77.8 Å². The Bertz CT molecular complexity index is 994. The predicted octanol–water partition coefficient (Wildman–Crippen LogP) is 6.93. The number of fused-ring (bicyclic) bond motifs is 1. The second-order valence-electron chi connectivity index (χ2n) is 8.26. The zero-order valence-corrected chi connectivity index (χ0v) is 18.4. The van der Waals surface area contributed by atoms with Crippen LogP contribution in [0.1, 0.15) is 55.6 Å². The van der Waals surface area contributed by atoms with Crippen LogP contribution in [0.25, 0.3) is 22.2 Å². The average molecular weight is 348 g/mol. The molecule has 0 fully saturated rings. The first kappa shape index (κ1) is 18.8. The molecule has 1 heteroatoms. The van der Waals surface area contributed by atoms with E-state index in [4.69, 9.17) is 0 Å². The van der Waals surface area contributed by atoms with Crippen LogP contribution in [-0.2, 0) is 7.05 Å². The van der Waals surface area contributed by atoms with E-state index < -0.39 is 0 Å². The Morgan fingerprint density at radius 3 is 1.31 bits per heavy atom. The molecule has 26 heavy (non-hydrogen) atoms. The van der Waals surface area contributed by atoms with Crippen molar-refractivity contribution in [3.63, 3.8) is 0 Å². The first-order valence-electron chi connectivity index (χ1n) is 9.64. The zero-order valence-electron chi connectivity index (χ0n) is 18.4. The number of aryl methyl sites for hydroxylation is 4. The van der Waals surface area contributed by atoms with Gasteiger partial charge in [-0.25, -0.2) is 0 Å². The van der Waals surface area contributed by atoms with Crippen LogP contribution in [0.15, 0.2) is 0 Å². The fourth-order valence-corrected chi connectivity index (χ4v) is 4.86. The maximum absolute atomic E-state index is 2.45. The summed E-state index contributed by atoms with van der Waals surface area (Å²) in [6, 6.07) is 0. The van der Waals surface area contributed by atoms with Crippen molar-refractivity contribution in [3.05, 3.63) is 55.6 Å². The number of rotatable bonds is 1. The predicted molar refractivity (Wildman–Crippen MR) is 116 cm³/mol. The molecule has 0 radical (unpaired) electrons. The van der Waals surface area contributed by atoms with E-state index in [-0.39, 0.29) is 0 Å². The fourth-order valence-electron chi connectivity index (χ4n) is 4.86. The van der Waals surface area contributed by atoms with Crippen LogP contribution < -0.4 is 0 Å². The van der Waals surface area contributed by atoms with Gasteiger partial charge in [0.25, 0.3) is 0 Å². The van der Waals surface area contributed by atoms with E-state index in [9.17, 15) is 0 Å². The summed E-state index contributed by atoms with van der Waals surface area (Å²) in [5.74, 6) is 0. The molecule has 138 valence electrons. The smallest absolute Gasteiger partial charge is 0.0524 e. The summed E-state index contributed by atoms with van der Waals surface area (Å²) in [5, 5.41) is 1.44. The fraction of sp³-hybridized carbons (Fsp3) is 0.440. The Balaban J connectivity index is 2.59. The summed E-state index contributed by atoms with van der Waals surface area (Å²) in [7, 11) is 2.25. The van der Waals surface area contributed by atoms with Gasteiger partial charge in [0, 0.05) is 18.0 Å². The number of hydrogen-bond donors (Lipinski definition) is 0. The highest BCUT2D eigenvalue weighted by atomic mass is 15.0. The largest absolute Gasteiger partial charge is 0.343 e. The average Bonchev–Trinajstić information content (AvgIpc) is 2.86. The molecule has 0 spiro atoms. The summed E-state index contributed by atoms with van der Waals surface area (Å²) >= 11 is 0. The number of aromatic nitrogens is 1. The Morgan fingerprint density at radius 1 is 0.423 bits per heavy atom. The molecule has 3 aromatic rings. The second kappa shape index (κ2) is 6.01. The Morgan fingerprint density at radius 2 is 0.808 bits per heavy atom. The molecule has 0 atom stereocenters. The van der Waals surface area contributed by atoms with Crippen LogP contribution in [0, 0.1) is 69.2 Å². The molecular formula is C25H33N. The van der Waals surface area contributed by atoms with Crippen molar-refractivity contribution in [2.45, 2.75) is 69.2 Å². The highest BCUT2D eigenvalue weighted by Crippen LogP contribution is 2.42. The maximum atomic E-state index is 2.45. The van der Waals surface area contributed by atoms with Crippen molar-refractivity contribution < 1.29 is 0 Å². The van der Waals surface area contributed by atoms with Crippen molar-refractivity contribution in [3.8, 4) is 11.3 Å². The van der Waals surface area contributed by atoms with Gasteiger partial charge >= 0.3 is 0 Å². The topological polar surface area (TPSA) is 4.93 Å². The molecule has 0 aliphatic carbocycles. The van der Waals surface area contributed by atoms with E-state index in [2.05, 4.69) is 80.9 Å². The number of benzene rings is 2. The van der Waals surface area contributed by atoms with Gasteiger partial charge in [0.1, 0.15) is 0 Å². The second-order valence-corrected chi connectivity index (χ2v) is 8.26. The molecule has 0 N–H and O–H groups in total. The molecule has 3 rings (SSSR count). The van der Waals surface area contributed by atoms with Crippen LogP contribution >= 0.6 is 0 Å². The minimum Gasteiger partial charge on any atom is -0.343 e. The first-order valence-corrected chi connectivity index (χ1v) is 9.64. The Hall–Kier alpha value is -2.02. The molecule has 0 bridgehead atoms. The SMILES string of the molecule is Cc1c(C)c(C)c(-c2c(C)c3c(C)c(C)c(C)c(C)c3n2C)c(C)c1C. The van der Waals surface area contributed by atoms with Gasteiger partial charge in [-0.2, -0.15) is 0 Å². The Labute approximate surface area is 159 Å².